The van der Waals surface area contributed by atoms with Crippen molar-refractivity contribution in [3.05, 3.63) is 124 Å². The van der Waals surface area contributed by atoms with Crippen molar-refractivity contribution in [2.45, 2.75) is 33.1 Å². The van der Waals surface area contributed by atoms with Crippen LogP contribution < -0.4 is 15.1 Å². The van der Waals surface area contributed by atoms with Gasteiger partial charge in [0, 0.05) is 66.8 Å². The first kappa shape index (κ1) is 32.8. The van der Waals surface area contributed by atoms with Gasteiger partial charge in [0.15, 0.2) is 11.6 Å². The first-order valence-corrected chi connectivity index (χ1v) is 18.0. The zero-order chi connectivity index (χ0) is 36.3. The number of amides is 2. The van der Waals surface area contributed by atoms with E-state index < -0.39 is 0 Å². The van der Waals surface area contributed by atoms with E-state index in [0.717, 1.165) is 72.4 Å². The number of imidazole rings is 1. The lowest BCUT2D eigenvalue weighted by Gasteiger charge is -2.53. The second-order valence-electron chi connectivity index (χ2n) is 14.5. The molecule has 0 bridgehead atoms. The summed E-state index contributed by atoms with van der Waals surface area (Å²) in [6.45, 7) is 7.56. The van der Waals surface area contributed by atoms with E-state index in [2.05, 4.69) is 25.2 Å². The van der Waals surface area contributed by atoms with Crippen LogP contribution in [0, 0.1) is 19.3 Å². The van der Waals surface area contributed by atoms with Gasteiger partial charge in [-0.1, -0.05) is 24.3 Å². The number of carbonyl (C=O) groups excluding carboxylic acids is 3. The van der Waals surface area contributed by atoms with Gasteiger partial charge in [0.1, 0.15) is 11.6 Å². The second-order valence-corrected chi connectivity index (χ2v) is 14.5. The SMILES string of the molecule is Cc1cnc(N2CC3(CCOCC3)C2)c(C(=O)Nc2ccc(C(=O)N3CCc4cc(C(=O)c5nc6c(C)cccc6[nH]5)oc4-c4ccccc43)cc2)c1. The molecule has 3 aromatic heterocycles. The molecule has 0 radical (unpaired) electrons. The third kappa shape index (κ3) is 5.87. The van der Waals surface area contributed by atoms with Gasteiger partial charge in [0.25, 0.3) is 17.6 Å². The van der Waals surface area contributed by atoms with E-state index in [0.29, 0.717) is 47.0 Å². The lowest BCUT2D eigenvalue weighted by atomic mass is 9.73. The average molecular weight is 707 g/mol. The number of furan rings is 1. The van der Waals surface area contributed by atoms with E-state index in [-0.39, 0.29) is 34.6 Å². The van der Waals surface area contributed by atoms with Crippen molar-refractivity contribution >= 4 is 45.8 Å². The number of aryl methyl sites for hydroxylation is 2. The van der Waals surface area contributed by atoms with Crippen LogP contribution in [0.25, 0.3) is 22.4 Å². The maximum atomic E-state index is 14.1. The number of para-hydroxylation sites is 2. The summed E-state index contributed by atoms with van der Waals surface area (Å²) in [4.78, 5) is 57.5. The van der Waals surface area contributed by atoms with Crippen LogP contribution >= 0.6 is 0 Å². The van der Waals surface area contributed by atoms with Crippen molar-refractivity contribution in [1.29, 1.82) is 0 Å². The number of aromatic nitrogens is 3. The normalized spacial score (nSPS) is 16.1. The molecular formula is C42H38N6O5. The number of anilines is 3. The number of hydrogen-bond donors (Lipinski definition) is 2. The molecule has 6 aromatic rings. The first-order chi connectivity index (χ1) is 25.7. The number of nitrogens with one attached hydrogen (secondary N) is 2. The van der Waals surface area contributed by atoms with Crippen molar-refractivity contribution in [3.8, 4) is 11.3 Å². The molecule has 2 amide bonds. The van der Waals surface area contributed by atoms with Gasteiger partial charge in [0.2, 0.25) is 0 Å². The fraction of sp³-hybridized carbons (Fsp3) is 0.262. The Hall–Kier alpha value is -6.07. The average Bonchev–Trinajstić information content (AvgIpc) is 3.77. The van der Waals surface area contributed by atoms with Crippen molar-refractivity contribution in [2.24, 2.45) is 5.41 Å². The monoisotopic (exact) mass is 706 g/mol. The zero-order valence-electron chi connectivity index (χ0n) is 29.6. The van der Waals surface area contributed by atoms with Crippen LogP contribution in [-0.2, 0) is 11.2 Å². The lowest BCUT2D eigenvalue weighted by molar-refractivity contribution is -0.000511. The van der Waals surface area contributed by atoms with Crippen molar-refractivity contribution in [3.63, 3.8) is 0 Å². The minimum absolute atomic E-state index is 0.181. The van der Waals surface area contributed by atoms with Gasteiger partial charge in [-0.2, -0.15) is 0 Å². The van der Waals surface area contributed by atoms with Crippen LogP contribution in [-0.4, -0.2) is 65.4 Å². The number of rotatable bonds is 6. The van der Waals surface area contributed by atoms with E-state index in [1.165, 1.54) is 0 Å². The maximum Gasteiger partial charge on any atom is 0.263 e. The van der Waals surface area contributed by atoms with Crippen LogP contribution in [0.3, 0.4) is 0 Å². The molecule has 0 aliphatic carbocycles. The highest BCUT2D eigenvalue weighted by Crippen LogP contribution is 2.43. The van der Waals surface area contributed by atoms with Gasteiger partial charge in [0.05, 0.1) is 22.3 Å². The van der Waals surface area contributed by atoms with Crippen LogP contribution in [0.4, 0.5) is 17.2 Å². The van der Waals surface area contributed by atoms with E-state index in [1.54, 1.807) is 41.4 Å². The van der Waals surface area contributed by atoms with E-state index in [9.17, 15) is 14.4 Å². The van der Waals surface area contributed by atoms with Crippen LogP contribution in [0.2, 0.25) is 0 Å². The molecule has 0 unspecified atom stereocenters. The van der Waals surface area contributed by atoms with Gasteiger partial charge in [-0.3, -0.25) is 14.4 Å². The molecule has 3 aliphatic heterocycles. The number of ether oxygens (including phenoxy) is 1. The zero-order valence-corrected chi connectivity index (χ0v) is 29.6. The molecule has 3 aliphatic rings. The highest BCUT2D eigenvalue weighted by Gasteiger charge is 2.45. The third-order valence-corrected chi connectivity index (χ3v) is 10.8. The Kier molecular flexibility index (Phi) is 7.96. The molecule has 11 nitrogen and oxygen atoms in total. The van der Waals surface area contributed by atoms with Gasteiger partial charge in [-0.25, -0.2) is 9.97 Å². The van der Waals surface area contributed by atoms with Crippen LogP contribution in [0.1, 0.15) is 66.6 Å². The van der Waals surface area contributed by atoms with Gasteiger partial charge >= 0.3 is 0 Å². The quantitative estimate of drug-likeness (QED) is 0.175. The molecule has 2 saturated heterocycles. The van der Waals surface area contributed by atoms with Gasteiger partial charge in [-0.15, -0.1) is 0 Å². The molecule has 53 heavy (non-hydrogen) atoms. The fourth-order valence-corrected chi connectivity index (χ4v) is 7.88. The summed E-state index contributed by atoms with van der Waals surface area (Å²) >= 11 is 0. The molecule has 0 atom stereocenters. The second kappa shape index (κ2) is 12.9. The molecule has 3 aromatic carbocycles. The Morgan fingerprint density at radius 3 is 2.51 bits per heavy atom. The Balaban J connectivity index is 0.919. The Bertz CT molecular complexity index is 2410. The number of ketones is 1. The number of nitrogens with zero attached hydrogens (tertiary/aromatic N) is 4. The molecule has 1 spiro atoms. The predicted octanol–water partition coefficient (Wildman–Crippen LogP) is 7.14. The highest BCUT2D eigenvalue weighted by atomic mass is 16.5. The minimum Gasteiger partial charge on any atom is -0.452 e. The molecule has 9 rings (SSSR count). The molecule has 6 heterocycles. The van der Waals surface area contributed by atoms with E-state index >= 15 is 0 Å². The van der Waals surface area contributed by atoms with Crippen molar-refractivity contribution in [2.75, 3.05) is 48.0 Å². The lowest BCUT2D eigenvalue weighted by Crippen LogP contribution is -2.59. The summed E-state index contributed by atoms with van der Waals surface area (Å²) in [6, 6.07) is 23.9. The number of pyridine rings is 1. The van der Waals surface area contributed by atoms with Gasteiger partial charge < -0.3 is 29.3 Å². The standard InChI is InChI=1S/C42H38N6O5/c1-25-20-31(39(43-22-25)47-23-42(24-47)15-18-52-19-16-42)40(50)44-29-12-10-27(11-13-29)41(51)48-17-14-28-21-34(53-37(28)30-7-3-4-9-33(30)48)36(49)38-45-32-8-5-6-26(2)35(32)46-38/h3-13,20-22H,14-19,23-24H2,1-2H3,(H,44,50)(H,45,46). The molecular weight excluding hydrogens is 668 g/mol. The fourth-order valence-electron chi connectivity index (χ4n) is 7.88. The third-order valence-electron chi connectivity index (χ3n) is 10.8. The summed E-state index contributed by atoms with van der Waals surface area (Å²) in [5.74, 6) is 0.920. The van der Waals surface area contributed by atoms with E-state index in [1.807, 2.05) is 62.4 Å². The molecule has 2 fully saturated rings. The topological polar surface area (TPSA) is 134 Å². The summed E-state index contributed by atoms with van der Waals surface area (Å²) in [7, 11) is 0. The molecule has 266 valence electrons. The number of aromatic amines is 1. The predicted molar refractivity (Wildman–Crippen MR) is 202 cm³/mol. The first-order valence-electron chi connectivity index (χ1n) is 18.0. The summed E-state index contributed by atoms with van der Waals surface area (Å²) < 4.78 is 11.8. The number of fused-ring (bicyclic) bond motifs is 4. The van der Waals surface area contributed by atoms with Crippen LogP contribution in [0.15, 0.2) is 89.5 Å². The smallest absolute Gasteiger partial charge is 0.263 e. The number of H-pyrrole nitrogens is 1. The van der Waals surface area contributed by atoms with Gasteiger partial charge in [-0.05, 0) is 98.8 Å². The molecule has 2 N–H and O–H groups in total. The Morgan fingerprint density at radius 2 is 1.72 bits per heavy atom. The van der Waals surface area contributed by atoms with E-state index in [4.69, 9.17) is 9.15 Å². The summed E-state index contributed by atoms with van der Waals surface area (Å²) in [5, 5.41) is 3.02. The molecule has 0 saturated carbocycles. The highest BCUT2D eigenvalue weighted by molar-refractivity contribution is 6.11. The van der Waals surface area contributed by atoms with Crippen molar-refractivity contribution < 1.29 is 23.5 Å². The Morgan fingerprint density at radius 1 is 0.925 bits per heavy atom. The summed E-state index contributed by atoms with van der Waals surface area (Å²) in [6.07, 6.45) is 4.34. The summed E-state index contributed by atoms with van der Waals surface area (Å²) in [5.41, 5.74) is 7.52. The van der Waals surface area contributed by atoms with Crippen LogP contribution in [0.5, 0.6) is 0 Å². The number of hydrogen-bond acceptors (Lipinski definition) is 8. The Labute approximate surface area is 306 Å². The largest absolute Gasteiger partial charge is 0.452 e. The van der Waals surface area contributed by atoms with Crippen molar-refractivity contribution in [1.82, 2.24) is 15.0 Å². The maximum absolute atomic E-state index is 14.1. The minimum atomic E-state index is -0.329. The number of carbonyl (C=O) groups is 3. The number of benzene rings is 3. The molecule has 11 heteroatoms.